The molecule has 0 bridgehead atoms. The standard InChI is InChI=1S/C21H16BrN3O3S/c1-3-10-28-16-9-4-13(11-17(16)27-2)12-18-20(26)25-21(29-18)23-19(24-25)14-5-7-15(22)8-6-14/h3-9,11-12H,1,10H2,2H3/b18-12+. The van der Waals surface area contributed by atoms with Gasteiger partial charge >= 0.3 is 0 Å². The second-order valence-electron chi connectivity index (χ2n) is 6.06. The van der Waals surface area contributed by atoms with E-state index >= 15 is 0 Å². The molecule has 0 aliphatic heterocycles. The minimum Gasteiger partial charge on any atom is -0.493 e. The summed E-state index contributed by atoms with van der Waals surface area (Å²) in [5.41, 5.74) is 1.48. The van der Waals surface area contributed by atoms with Gasteiger partial charge < -0.3 is 9.47 Å². The van der Waals surface area contributed by atoms with Gasteiger partial charge in [0, 0.05) is 10.0 Å². The lowest BCUT2D eigenvalue weighted by atomic mass is 10.2. The van der Waals surface area contributed by atoms with Crippen LogP contribution in [0.4, 0.5) is 0 Å². The summed E-state index contributed by atoms with van der Waals surface area (Å²) in [7, 11) is 1.58. The molecule has 0 radical (unpaired) electrons. The zero-order valence-corrected chi connectivity index (χ0v) is 17.9. The molecular formula is C21H16BrN3O3S. The summed E-state index contributed by atoms with van der Waals surface area (Å²) < 4.78 is 13.8. The summed E-state index contributed by atoms with van der Waals surface area (Å²) in [6.07, 6.45) is 3.46. The Balaban J connectivity index is 1.71. The third kappa shape index (κ3) is 3.94. The molecule has 4 rings (SSSR count). The first-order chi connectivity index (χ1) is 14.1. The fraction of sp³-hybridized carbons (Fsp3) is 0.0952. The minimum atomic E-state index is -0.202. The van der Waals surface area contributed by atoms with E-state index in [4.69, 9.17) is 9.47 Å². The van der Waals surface area contributed by atoms with Gasteiger partial charge in [0.15, 0.2) is 17.3 Å². The molecule has 2 heterocycles. The predicted molar refractivity (Wildman–Crippen MR) is 118 cm³/mol. The van der Waals surface area contributed by atoms with Crippen LogP contribution in [0.2, 0.25) is 0 Å². The summed E-state index contributed by atoms with van der Waals surface area (Å²) in [4.78, 5) is 17.8. The largest absolute Gasteiger partial charge is 0.493 e. The Labute approximate surface area is 178 Å². The van der Waals surface area contributed by atoms with E-state index < -0.39 is 0 Å². The molecule has 0 atom stereocenters. The van der Waals surface area contributed by atoms with Crippen LogP contribution in [0.15, 0.2) is 64.4 Å². The molecule has 2 aromatic carbocycles. The van der Waals surface area contributed by atoms with E-state index in [1.165, 1.54) is 15.9 Å². The van der Waals surface area contributed by atoms with Crippen molar-refractivity contribution in [2.24, 2.45) is 0 Å². The maximum atomic E-state index is 12.8. The molecule has 0 saturated heterocycles. The van der Waals surface area contributed by atoms with E-state index in [-0.39, 0.29) is 5.56 Å². The van der Waals surface area contributed by atoms with Crippen molar-refractivity contribution in [2.75, 3.05) is 13.7 Å². The van der Waals surface area contributed by atoms with E-state index in [9.17, 15) is 4.79 Å². The second kappa shape index (κ2) is 8.18. The third-order valence-electron chi connectivity index (χ3n) is 4.13. The molecule has 4 aromatic rings. The first kappa shape index (κ1) is 19.4. The number of hydrogen-bond donors (Lipinski definition) is 0. The molecule has 0 aliphatic rings. The highest BCUT2D eigenvalue weighted by Gasteiger charge is 2.12. The first-order valence-electron chi connectivity index (χ1n) is 8.68. The van der Waals surface area contributed by atoms with Crippen LogP contribution in [0.3, 0.4) is 0 Å². The minimum absolute atomic E-state index is 0.202. The second-order valence-corrected chi connectivity index (χ2v) is 7.99. The lowest BCUT2D eigenvalue weighted by Gasteiger charge is -2.09. The third-order valence-corrected chi connectivity index (χ3v) is 5.61. The SMILES string of the molecule is C=CCOc1ccc(/C=c2/sc3nc(-c4ccc(Br)cc4)nn3c2=O)cc1OC. The lowest BCUT2D eigenvalue weighted by molar-refractivity contribution is 0.326. The average Bonchev–Trinajstić information content (AvgIpc) is 3.27. The monoisotopic (exact) mass is 469 g/mol. The van der Waals surface area contributed by atoms with Crippen LogP contribution in [-0.4, -0.2) is 28.3 Å². The number of hydrogen-bond acceptors (Lipinski definition) is 6. The van der Waals surface area contributed by atoms with Crippen LogP contribution in [0.1, 0.15) is 5.56 Å². The molecule has 29 heavy (non-hydrogen) atoms. The average molecular weight is 470 g/mol. The highest BCUT2D eigenvalue weighted by molar-refractivity contribution is 9.10. The van der Waals surface area contributed by atoms with Gasteiger partial charge in [-0.2, -0.15) is 9.50 Å². The van der Waals surface area contributed by atoms with Crippen molar-refractivity contribution in [3.8, 4) is 22.9 Å². The topological polar surface area (TPSA) is 65.7 Å². The number of thiazole rings is 1. The van der Waals surface area contributed by atoms with Crippen molar-refractivity contribution in [1.82, 2.24) is 14.6 Å². The van der Waals surface area contributed by atoms with Gasteiger partial charge in [-0.25, -0.2) is 0 Å². The number of fused-ring (bicyclic) bond motifs is 1. The molecule has 0 spiro atoms. The van der Waals surface area contributed by atoms with Gasteiger partial charge in [-0.15, -0.1) is 5.10 Å². The van der Waals surface area contributed by atoms with Crippen LogP contribution < -0.4 is 19.6 Å². The molecule has 0 aliphatic carbocycles. The maximum Gasteiger partial charge on any atom is 0.291 e. The molecular weight excluding hydrogens is 454 g/mol. The van der Waals surface area contributed by atoms with E-state index in [0.717, 1.165) is 15.6 Å². The van der Waals surface area contributed by atoms with Crippen molar-refractivity contribution < 1.29 is 9.47 Å². The van der Waals surface area contributed by atoms with Crippen molar-refractivity contribution in [3.63, 3.8) is 0 Å². The lowest BCUT2D eigenvalue weighted by Crippen LogP contribution is -2.23. The Hall–Kier alpha value is -2.97. The Morgan fingerprint density at radius 1 is 1.21 bits per heavy atom. The molecule has 6 nitrogen and oxygen atoms in total. The molecule has 0 amide bonds. The summed E-state index contributed by atoms with van der Waals surface area (Å²) in [5, 5.41) is 4.37. The van der Waals surface area contributed by atoms with Gasteiger partial charge in [0.2, 0.25) is 4.96 Å². The molecule has 0 N–H and O–H groups in total. The Bertz CT molecular complexity index is 1300. The number of nitrogens with zero attached hydrogens (tertiary/aromatic N) is 3. The van der Waals surface area contributed by atoms with E-state index in [1.54, 1.807) is 25.3 Å². The van der Waals surface area contributed by atoms with Crippen LogP contribution in [0, 0.1) is 0 Å². The highest BCUT2D eigenvalue weighted by Crippen LogP contribution is 2.28. The van der Waals surface area contributed by atoms with Crippen molar-refractivity contribution >= 4 is 38.3 Å². The van der Waals surface area contributed by atoms with Gasteiger partial charge in [0.05, 0.1) is 11.6 Å². The Morgan fingerprint density at radius 2 is 2.00 bits per heavy atom. The zero-order chi connectivity index (χ0) is 20.4. The summed E-state index contributed by atoms with van der Waals surface area (Å²) in [6.45, 7) is 4.03. The number of halogens is 1. The van der Waals surface area contributed by atoms with Gasteiger partial charge in [-0.3, -0.25) is 4.79 Å². The van der Waals surface area contributed by atoms with Gasteiger partial charge in [-0.05, 0) is 35.9 Å². The van der Waals surface area contributed by atoms with Crippen molar-refractivity contribution in [3.05, 3.63) is 80.0 Å². The number of benzene rings is 2. The summed E-state index contributed by atoms with van der Waals surface area (Å²) in [6, 6.07) is 13.1. The highest BCUT2D eigenvalue weighted by atomic mass is 79.9. The smallest absolute Gasteiger partial charge is 0.291 e. The first-order valence-corrected chi connectivity index (χ1v) is 10.3. The molecule has 8 heteroatoms. The predicted octanol–water partition coefficient (Wildman–Crippen LogP) is 3.70. The molecule has 2 aromatic heterocycles. The van der Waals surface area contributed by atoms with Gasteiger partial charge in [0.1, 0.15) is 6.61 Å². The molecule has 0 saturated carbocycles. The van der Waals surface area contributed by atoms with Gasteiger partial charge in [-0.1, -0.05) is 58.1 Å². The summed E-state index contributed by atoms with van der Waals surface area (Å²) in [5.74, 6) is 1.73. The number of aromatic nitrogens is 3. The molecule has 0 fully saturated rings. The van der Waals surface area contributed by atoms with E-state index in [0.29, 0.717) is 33.4 Å². The van der Waals surface area contributed by atoms with Crippen molar-refractivity contribution in [2.45, 2.75) is 0 Å². The van der Waals surface area contributed by atoms with Crippen molar-refractivity contribution in [1.29, 1.82) is 0 Å². The number of ether oxygens (including phenoxy) is 2. The van der Waals surface area contributed by atoms with Crippen LogP contribution in [-0.2, 0) is 0 Å². The molecule has 0 unspecified atom stereocenters. The van der Waals surface area contributed by atoms with E-state index in [2.05, 4.69) is 32.6 Å². The Morgan fingerprint density at radius 3 is 2.69 bits per heavy atom. The van der Waals surface area contributed by atoms with Crippen LogP contribution >= 0.6 is 27.3 Å². The van der Waals surface area contributed by atoms with E-state index in [1.807, 2.05) is 36.4 Å². The quantitative estimate of drug-likeness (QED) is 0.402. The Kier molecular flexibility index (Phi) is 5.46. The van der Waals surface area contributed by atoms with Crippen LogP contribution in [0.5, 0.6) is 11.5 Å². The number of methoxy groups -OCH3 is 1. The maximum absolute atomic E-state index is 12.8. The van der Waals surface area contributed by atoms with Gasteiger partial charge in [0.25, 0.3) is 5.56 Å². The fourth-order valence-electron chi connectivity index (χ4n) is 2.75. The molecule has 146 valence electrons. The zero-order valence-electron chi connectivity index (χ0n) is 15.5. The van der Waals surface area contributed by atoms with Crippen LogP contribution in [0.25, 0.3) is 22.4 Å². The normalized spacial score (nSPS) is 11.7. The number of rotatable bonds is 6. The summed E-state index contributed by atoms with van der Waals surface area (Å²) >= 11 is 4.70. The fourth-order valence-corrected chi connectivity index (χ4v) is 3.92.